The van der Waals surface area contributed by atoms with E-state index in [1.807, 2.05) is 37.3 Å². The maximum absolute atomic E-state index is 12.1. The topological polar surface area (TPSA) is 92.8 Å². The third kappa shape index (κ3) is 5.64. The quantitative estimate of drug-likeness (QED) is 0.680. The molecule has 1 amide bonds. The van der Waals surface area contributed by atoms with Gasteiger partial charge in [-0.2, -0.15) is 0 Å². The van der Waals surface area contributed by atoms with E-state index >= 15 is 0 Å². The maximum atomic E-state index is 12.1. The smallest absolute Gasteiger partial charge is 0.338 e. The highest BCUT2D eigenvalue weighted by atomic mass is 32.2. The first-order chi connectivity index (χ1) is 13.2. The molecule has 0 aliphatic heterocycles. The van der Waals surface area contributed by atoms with Gasteiger partial charge in [0.1, 0.15) is 0 Å². The Kier molecular flexibility index (Phi) is 7.31. The molecular weight excluding hydrogens is 380 g/mol. The summed E-state index contributed by atoms with van der Waals surface area (Å²) in [4.78, 5) is 24.1. The number of sulfonamides is 1. The van der Waals surface area contributed by atoms with Gasteiger partial charge in [-0.1, -0.05) is 43.3 Å². The van der Waals surface area contributed by atoms with Gasteiger partial charge < -0.3 is 10.1 Å². The lowest BCUT2D eigenvalue weighted by Crippen LogP contribution is -2.31. The summed E-state index contributed by atoms with van der Waals surface area (Å²) < 4.78 is 30.3. The molecule has 2 aromatic carbocycles. The molecule has 2 rings (SSSR count). The van der Waals surface area contributed by atoms with E-state index in [-0.39, 0.29) is 16.4 Å². The van der Waals surface area contributed by atoms with E-state index < -0.39 is 28.5 Å². The van der Waals surface area contributed by atoms with Crippen LogP contribution < -0.4 is 5.32 Å². The zero-order valence-corrected chi connectivity index (χ0v) is 16.9. The largest absolute Gasteiger partial charge is 0.452 e. The lowest BCUT2D eigenvalue weighted by molar-refractivity contribution is -0.124. The third-order valence-electron chi connectivity index (χ3n) is 4.16. The van der Waals surface area contributed by atoms with Gasteiger partial charge in [0.25, 0.3) is 5.91 Å². The molecule has 150 valence electrons. The van der Waals surface area contributed by atoms with Crippen molar-refractivity contribution in [3.8, 4) is 0 Å². The van der Waals surface area contributed by atoms with Crippen molar-refractivity contribution < 1.29 is 22.7 Å². The molecule has 0 radical (unpaired) electrons. The van der Waals surface area contributed by atoms with Crippen LogP contribution >= 0.6 is 0 Å². The lowest BCUT2D eigenvalue weighted by Gasteiger charge is -2.13. The van der Waals surface area contributed by atoms with Crippen LogP contribution in [-0.4, -0.2) is 51.8 Å². The number of rotatable bonds is 8. The minimum absolute atomic E-state index is 0.0203. The van der Waals surface area contributed by atoms with Gasteiger partial charge in [-0.15, -0.1) is 0 Å². The second kappa shape index (κ2) is 9.48. The Hall–Kier alpha value is -2.71. The highest BCUT2D eigenvalue weighted by molar-refractivity contribution is 7.89. The summed E-state index contributed by atoms with van der Waals surface area (Å²) in [6.07, 6.45) is 0. The predicted octanol–water partition coefficient (Wildman–Crippen LogP) is 2.01. The number of hydrogen-bond donors (Lipinski definition) is 1. The van der Waals surface area contributed by atoms with Gasteiger partial charge >= 0.3 is 5.97 Å². The first-order valence-corrected chi connectivity index (χ1v) is 10.2. The average Bonchev–Trinajstić information content (AvgIpc) is 2.70. The van der Waals surface area contributed by atoms with E-state index in [4.69, 9.17) is 4.74 Å². The SMILES string of the molecule is C[C@@H](CNC(=O)COC(=O)c1cccc(S(=O)(=O)N(C)C)c1)c1ccccc1. The van der Waals surface area contributed by atoms with Crippen LogP contribution in [-0.2, 0) is 19.6 Å². The third-order valence-corrected chi connectivity index (χ3v) is 5.97. The van der Waals surface area contributed by atoms with Crippen LogP contribution in [0.1, 0.15) is 28.8 Å². The monoisotopic (exact) mass is 404 g/mol. The fourth-order valence-electron chi connectivity index (χ4n) is 2.43. The summed E-state index contributed by atoms with van der Waals surface area (Å²) in [5, 5.41) is 2.72. The molecule has 2 aromatic rings. The molecule has 7 nitrogen and oxygen atoms in total. The van der Waals surface area contributed by atoms with Crippen LogP contribution in [0.25, 0.3) is 0 Å². The van der Waals surface area contributed by atoms with Crippen LogP contribution in [0.4, 0.5) is 0 Å². The molecule has 0 saturated carbocycles. The highest BCUT2D eigenvalue weighted by Crippen LogP contribution is 2.16. The fourth-order valence-corrected chi connectivity index (χ4v) is 3.37. The van der Waals surface area contributed by atoms with Crippen molar-refractivity contribution in [1.29, 1.82) is 0 Å². The van der Waals surface area contributed by atoms with Crippen molar-refractivity contribution in [2.45, 2.75) is 17.7 Å². The summed E-state index contributed by atoms with van der Waals surface area (Å²) in [5.74, 6) is -1.07. The first-order valence-electron chi connectivity index (χ1n) is 8.73. The maximum Gasteiger partial charge on any atom is 0.338 e. The van der Waals surface area contributed by atoms with E-state index in [0.717, 1.165) is 9.87 Å². The van der Waals surface area contributed by atoms with Crippen LogP contribution in [0.15, 0.2) is 59.5 Å². The number of ether oxygens (including phenoxy) is 1. The van der Waals surface area contributed by atoms with Crippen LogP contribution in [0.3, 0.4) is 0 Å². The first kappa shape index (κ1) is 21.6. The molecule has 0 saturated heterocycles. The number of nitrogens with zero attached hydrogens (tertiary/aromatic N) is 1. The van der Waals surface area contributed by atoms with Crippen LogP contribution in [0.2, 0.25) is 0 Å². The normalized spacial score (nSPS) is 12.4. The Labute approximate surface area is 165 Å². The van der Waals surface area contributed by atoms with Gasteiger partial charge in [-0.05, 0) is 29.7 Å². The van der Waals surface area contributed by atoms with Gasteiger partial charge in [0, 0.05) is 20.6 Å². The molecule has 0 fully saturated rings. The van der Waals surface area contributed by atoms with Crippen molar-refractivity contribution in [1.82, 2.24) is 9.62 Å². The summed E-state index contributed by atoms with van der Waals surface area (Å²) >= 11 is 0. The number of amides is 1. The van der Waals surface area contributed by atoms with Gasteiger partial charge in [0.2, 0.25) is 10.0 Å². The number of hydrogen-bond acceptors (Lipinski definition) is 5. The molecule has 0 aromatic heterocycles. The number of benzene rings is 2. The highest BCUT2D eigenvalue weighted by Gasteiger charge is 2.19. The molecule has 0 spiro atoms. The summed E-state index contributed by atoms with van der Waals surface area (Å²) in [6, 6.07) is 15.3. The molecule has 28 heavy (non-hydrogen) atoms. The van der Waals surface area contributed by atoms with Crippen LogP contribution in [0, 0.1) is 0 Å². The zero-order valence-electron chi connectivity index (χ0n) is 16.1. The fraction of sp³-hybridized carbons (Fsp3) is 0.300. The van der Waals surface area contributed by atoms with Crippen molar-refractivity contribution in [3.05, 3.63) is 65.7 Å². The van der Waals surface area contributed by atoms with E-state index in [1.54, 1.807) is 0 Å². The molecular formula is C20H24N2O5S. The molecule has 1 atom stereocenters. The molecule has 0 unspecified atom stereocenters. The molecule has 0 aliphatic rings. The van der Waals surface area contributed by atoms with Crippen LogP contribution in [0.5, 0.6) is 0 Å². The van der Waals surface area contributed by atoms with Gasteiger partial charge in [0.15, 0.2) is 6.61 Å². The average molecular weight is 404 g/mol. The minimum atomic E-state index is -3.66. The standard InChI is InChI=1S/C20H24N2O5S/c1-15(16-8-5-4-6-9-16)13-21-19(23)14-27-20(24)17-10-7-11-18(12-17)28(25,26)22(2)3/h4-12,15H,13-14H2,1-3H3,(H,21,23)/t15-/m0/s1. The van der Waals surface area contributed by atoms with Crippen molar-refractivity contribution in [2.75, 3.05) is 27.2 Å². The van der Waals surface area contributed by atoms with Crippen molar-refractivity contribution >= 4 is 21.9 Å². The van der Waals surface area contributed by atoms with Gasteiger partial charge in [-0.25, -0.2) is 17.5 Å². The predicted molar refractivity (Wildman–Crippen MR) is 105 cm³/mol. The Morgan fingerprint density at radius 3 is 2.39 bits per heavy atom. The Morgan fingerprint density at radius 1 is 1.07 bits per heavy atom. The van der Waals surface area contributed by atoms with Crippen molar-refractivity contribution in [3.63, 3.8) is 0 Å². The summed E-state index contributed by atoms with van der Waals surface area (Å²) in [6.45, 7) is 1.96. The number of nitrogens with one attached hydrogen (secondary N) is 1. The molecule has 0 heterocycles. The van der Waals surface area contributed by atoms with E-state index in [1.165, 1.54) is 38.4 Å². The summed E-state index contributed by atoms with van der Waals surface area (Å²) in [5.41, 5.74) is 1.16. The Bertz CT molecular complexity index is 927. The summed E-state index contributed by atoms with van der Waals surface area (Å²) in [7, 11) is -0.855. The van der Waals surface area contributed by atoms with Crippen molar-refractivity contribution in [2.24, 2.45) is 0 Å². The lowest BCUT2D eigenvalue weighted by atomic mass is 10.0. The van der Waals surface area contributed by atoms with Gasteiger partial charge in [-0.3, -0.25) is 4.79 Å². The van der Waals surface area contributed by atoms with E-state index in [2.05, 4.69) is 5.32 Å². The number of esters is 1. The number of carbonyl (C=O) groups is 2. The molecule has 0 bridgehead atoms. The van der Waals surface area contributed by atoms with E-state index in [9.17, 15) is 18.0 Å². The molecule has 1 N–H and O–H groups in total. The Morgan fingerprint density at radius 2 is 1.75 bits per heavy atom. The second-order valence-corrected chi connectivity index (χ2v) is 8.66. The molecule has 8 heteroatoms. The Balaban J connectivity index is 1.89. The number of carbonyl (C=O) groups excluding carboxylic acids is 2. The van der Waals surface area contributed by atoms with E-state index in [0.29, 0.717) is 6.54 Å². The molecule has 0 aliphatic carbocycles. The van der Waals surface area contributed by atoms with Gasteiger partial charge in [0.05, 0.1) is 10.5 Å². The minimum Gasteiger partial charge on any atom is -0.452 e. The zero-order chi connectivity index (χ0) is 20.7. The second-order valence-electron chi connectivity index (χ2n) is 6.51.